The molecule has 0 spiro atoms. The normalized spacial score (nSPS) is 15.4. The third-order valence-electron chi connectivity index (χ3n) is 4.59. The molecule has 1 aliphatic heterocycles. The highest BCUT2D eigenvalue weighted by Crippen LogP contribution is 2.17. The maximum absolute atomic E-state index is 13.6. The van der Waals surface area contributed by atoms with Crippen LogP contribution in [0.15, 0.2) is 48.5 Å². The highest BCUT2D eigenvalue weighted by Gasteiger charge is 2.27. The number of piperazine rings is 1. The Hall–Kier alpha value is -2.52. The fourth-order valence-electron chi connectivity index (χ4n) is 3.09. The van der Waals surface area contributed by atoms with Crippen molar-refractivity contribution in [1.82, 2.24) is 9.62 Å². The smallest absolute Gasteiger partial charge is 0.257 e. The largest absolute Gasteiger partial charge is 0.369 e. The molecule has 1 amide bonds. The lowest BCUT2D eigenvalue weighted by atomic mass is 10.2. The number of para-hydroxylation sites is 1. The average Bonchev–Trinajstić information content (AvgIpc) is 2.68. The summed E-state index contributed by atoms with van der Waals surface area (Å²) in [6.07, 6.45) is 0. The Morgan fingerprint density at radius 1 is 0.929 bits per heavy atom. The van der Waals surface area contributed by atoms with Crippen molar-refractivity contribution in [3.05, 3.63) is 65.7 Å². The van der Waals surface area contributed by atoms with E-state index in [4.69, 9.17) is 0 Å². The third-order valence-corrected chi connectivity index (χ3v) is 6.46. The number of benzene rings is 2. The standard InChI is InChI=1S/C19H21F2N3O3S/c20-16-7-4-8-17(21)18(16)19(25)22-9-14-28(26,27)24-12-10-23(11-13-24)15-5-2-1-3-6-15/h1-8H,9-14H2,(H,22,25). The molecule has 6 nitrogen and oxygen atoms in total. The van der Waals surface area contributed by atoms with E-state index < -0.39 is 33.1 Å². The van der Waals surface area contributed by atoms with E-state index in [1.807, 2.05) is 30.3 Å². The SMILES string of the molecule is O=C(NCCS(=O)(=O)N1CCN(c2ccccc2)CC1)c1c(F)cccc1F. The molecule has 1 fully saturated rings. The summed E-state index contributed by atoms with van der Waals surface area (Å²) in [6.45, 7) is 1.58. The van der Waals surface area contributed by atoms with E-state index in [0.29, 0.717) is 26.2 Å². The Balaban J connectivity index is 1.51. The summed E-state index contributed by atoms with van der Waals surface area (Å²) in [5, 5.41) is 2.28. The summed E-state index contributed by atoms with van der Waals surface area (Å²) in [5.41, 5.74) is 0.329. The molecule has 1 aliphatic rings. The summed E-state index contributed by atoms with van der Waals surface area (Å²) in [5.74, 6) is -3.28. The second-order valence-corrected chi connectivity index (χ2v) is 8.48. The van der Waals surface area contributed by atoms with E-state index >= 15 is 0 Å². The molecule has 1 N–H and O–H groups in total. The zero-order valence-electron chi connectivity index (χ0n) is 15.1. The van der Waals surface area contributed by atoms with Gasteiger partial charge >= 0.3 is 0 Å². The number of nitrogens with one attached hydrogen (secondary N) is 1. The van der Waals surface area contributed by atoms with Crippen molar-refractivity contribution in [1.29, 1.82) is 0 Å². The van der Waals surface area contributed by atoms with Gasteiger partial charge < -0.3 is 10.2 Å². The minimum Gasteiger partial charge on any atom is -0.369 e. The van der Waals surface area contributed by atoms with Crippen molar-refractivity contribution >= 4 is 21.6 Å². The first-order valence-corrected chi connectivity index (χ1v) is 10.5. The van der Waals surface area contributed by atoms with Gasteiger partial charge in [0.05, 0.1) is 5.75 Å². The number of halogens is 2. The van der Waals surface area contributed by atoms with Gasteiger partial charge in [0.2, 0.25) is 10.0 Å². The Bertz CT molecular complexity index is 910. The van der Waals surface area contributed by atoms with Crippen LogP contribution in [0.4, 0.5) is 14.5 Å². The van der Waals surface area contributed by atoms with Gasteiger partial charge in [0.25, 0.3) is 5.91 Å². The molecular weight excluding hydrogens is 388 g/mol. The predicted octanol–water partition coefficient (Wildman–Crippen LogP) is 1.85. The molecule has 9 heteroatoms. The van der Waals surface area contributed by atoms with Gasteiger partial charge in [-0.15, -0.1) is 0 Å². The molecule has 0 bridgehead atoms. The number of anilines is 1. The Kier molecular flexibility index (Phi) is 6.25. The summed E-state index contributed by atoms with van der Waals surface area (Å²) in [6, 6.07) is 12.8. The first-order valence-electron chi connectivity index (χ1n) is 8.88. The van der Waals surface area contributed by atoms with Crippen LogP contribution in [0.2, 0.25) is 0 Å². The molecule has 3 rings (SSSR count). The molecule has 0 aliphatic carbocycles. The third kappa shape index (κ3) is 4.66. The van der Waals surface area contributed by atoms with Crippen LogP contribution in [0, 0.1) is 11.6 Å². The van der Waals surface area contributed by atoms with Gasteiger partial charge in [-0.2, -0.15) is 4.31 Å². The fourth-order valence-corrected chi connectivity index (χ4v) is 4.43. The second kappa shape index (κ2) is 8.66. The molecular formula is C19H21F2N3O3S. The predicted molar refractivity (Wildman–Crippen MR) is 103 cm³/mol. The van der Waals surface area contributed by atoms with Crippen molar-refractivity contribution in [3.63, 3.8) is 0 Å². The molecule has 0 aromatic heterocycles. The maximum Gasteiger partial charge on any atom is 0.257 e. The van der Waals surface area contributed by atoms with Gasteiger partial charge in [-0.3, -0.25) is 4.79 Å². The number of sulfonamides is 1. The second-order valence-electron chi connectivity index (χ2n) is 6.39. The fraction of sp³-hybridized carbons (Fsp3) is 0.316. The number of nitrogens with zero attached hydrogens (tertiary/aromatic N) is 2. The van der Waals surface area contributed by atoms with E-state index in [9.17, 15) is 22.0 Å². The minimum atomic E-state index is -3.58. The van der Waals surface area contributed by atoms with Crippen LogP contribution < -0.4 is 10.2 Å². The van der Waals surface area contributed by atoms with Crippen LogP contribution in [0.3, 0.4) is 0 Å². The van der Waals surface area contributed by atoms with Crippen LogP contribution >= 0.6 is 0 Å². The summed E-state index contributed by atoms with van der Waals surface area (Å²) in [4.78, 5) is 14.0. The quantitative estimate of drug-likeness (QED) is 0.791. The topological polar surface area (TPSA) is 69.7 Å². The zero-order chi connectivity index (χ0) is 20.1. The molecule has 2 aromatic carbocycles. The van der Waals surface area contributed by atoms with E-state index in [2.05, 4.69) is 10.2 Å². The number of carbonyl (C=O) groups excluding carboxylic acids is 1. The van der Waals surface area contributed by atoms with Gasteiger partial charge in [-0.25, -0.2) is 17.2 Å². The Morgan fingerprint density at radius 2 is 1.54 bits per heavy atom. The molecule has 2 aromatic rings. The first kappa shape index (κ1) is 20.2. The van der Waals surface area contributed by atoms with Gasteiger partial charge in [-0.05, 0) is 24.3 Å². The number of rotatable bonds is 6. The Morgan fingerprint density at radius 3 is 2.14 bits per heavy atom. The van der Waals surface area contributed by atoms with Crippen LogP contribution in [0.5, 0.6) is 0 Å². The van der Waals surface area contributed by atoms with E-state index in [1.54, 1.807) is 0 Å². The first-order chi connectivity index (χ1) is 13.4. The van der Waals surface area contributed by atoms with Crippen LogP contribution in [-0.2, 0) is 10.0 Å². The number of amides is 1. The molecule has 0 atom stereocenters. The van der Waals surface area contributed by atoms with Gasteiger partial charge in [0, 0.05) is 38.4 Å². The van der Waals surface area contributed by atoms with Crippen molar-refractivity contribution in [3.8, 4) is 0 Å². The lowest BCUT2D eigenvalue weighted by Crippen LogP contribution is -2.50. The van der Waals surface area contributed by atoms with Crippen LogP contribution in [0.1, 0.15) is 10.4 Å². The zero-order valence-corrected chi connectivity index (χ0v) is 16.0. The molecule has 28 heavy (non-hydrogen) atoms. The van der Waals surface area contributed by atoms with Crippen LogP contribution in [-0.4, -0.2) is 57.1 Å². The van der Waals surface area contributed by atoms with Gasteiger partial charge in [0.15, 0.2) is 0 Å². The molecule has 0 saturated carbocycles. The van der Waals surface area contributed by atoms with Crippen molar-refractivity contribution < 1.29 is 22.0 Å². The lowest BCUT2D eigenvalue weighted by Gasteiger charge is -2.35. The average molecular weight is 409 g/mol. The van der Waals surface area contributed by atoms with Crippen molar-refractivity contribution in [2.45, 2.75) is 0 Å². The van der Waals surface area contributed by atoms with E-state index in [0.717, 1.165) is 23.9 Å². The monoisotopic (exact) mass is 409 g/mol. The lowest BCUT2D eigenvalue weighted by molar-refractivity contribution is 0.0947. The highest BCUT2D eigenvalue weighted by atomic mass is 32.2. The number of hydrogen-bond donors (Lipinski definition) is 1. The van der Waals surface area contributed by atoms with Crippen molar-refractivity contribution in [2.24, 2.45) is 0 Å². The molecule has 150 valence electrons. The molecule has 1 saturated heterocycles. The minimum absolute atomic E-state index is 0.228. The molecule has 1 heterocycles. The van der Waals surface area contributed by atoms with Crippen LogP contribution in [0.25, 0.3) is 0 Å². The van der Waals surface area contributed by atoms with Crippen molar-refractivity contribution in [2.75, 3.05) is 43.4 Å². The highest BCUT2D eigenvalue weighted by molar-refractivity contribution is 7.89. The summed E-state index contributed by atoms with van der Waals surface area (Å²) >= 11 is 0. The number of hydrogen-bond acceptors (Lipinski definition) is 4. The number of carbonyl (C=O) groups is 1. The summed E-state index contributed by atoms with van der Waals surface area (Å²) in [7, 11) is -3.58. The van der Waals surface area contributed by atoms with Gasteiger partial charge in [0.1, 0.15) is 17.2 Å². The molecule has 0 radical (unpaired) electrons. The molecule has 0 unspecified atom stereocenters. The van der Waals surface area contributed by atoms with E-state index in [1.165, 1.54) is 4.31 Å². The maximum atomic E-state index is 13.6. The van der Waals surface area contributed by atoms with E-state index in [-0.39, 0.29) is 12.3 Å². The van der Waals surface area contributed by atoms with Gasteiger partial charge in [-0.1, -0.05) is 24.3 Å². The Labute approximate surface area is 162 Å². The summed E-state index contributed by atoms with van der Waals surface area (Å²) < 4.78 is 53.5.